The highest BCUT2D eigenvalue weighted by atomic mass is 16.4. The lowest BCUT2D eigenvalue weighted by atomic mass is 9.97. The van der Waals surface area contributed by atoms with Gasteiger partial charge in [-0.15, -0.1) is 0 Å². The van der Waals surface area contributed by atoms with E-state index in [1.54, 1.807) is 44.2 Å². The van der Waals surface area contributed by atoms with Crippen molar-refractivity contribution in [2.75, 3.05) is 13.2 Å². The summed E-state index contributed by atoms with van der Waals surface area (Å²) in [6.07, 6.45) is 0.0882. The number of aliphatic hydroxyl groups excluding tert-OH is 1. The molecule has 0 spiro atoms. The molecule has 0 saturated heterocycles. The number of benzene rings is 1. The lowest BCUT2D eigenvalue weighted by Gasteiger charge is -2.25. The molecule has 0 saturated carbocycles. The molecule has 0 unspecified atom stereocenters. The third-order valence-electron chi connectivity index (χ3n) is 5.71. The fraction of sp³-hybridized carbons (Fsp3) is 0.500. The predicted molar refractivity (Wildman–Crippen MR) is 135 cm³/mol. The van der Waals surface area contributed by atoms with E-state index in [-0.39, 0.29) is 12.3 Å². The Balaban J connectivity index is 2.89. The molecule has 38 heavy (non-hydrogen) atoms. The summed E-state index contributed by atoms with van der Waals surface area (Å²) in [6, 6.07) is 3.51. The van der Waals surface area contributed by atoms with E-state index in [2.05, 4.69) is 21.3 Å². The van der Waals surface area contributed by atoms with Gasteiger partial charge >= 0.3 is 5.97 Å². The maximum Gasteiger partial charge on any atom is 0.328 e. The number of carbonyl (C=O) groups is 6. The van der Waals surface area contributed by atoms with Crippen molar-refractivity contribution in [1.82, 2.24) is 21.3 Å². The molecule has 210 valence electrons. The summed E-state index contributed by atoms with van der Waals surface area (Å²) in [4.78, 5) is 72.6. The third-order valence-corrected chi connectivity index (χ3v) is 5.71. The van der Waals surface area contributed by atoms with Crippen molar-refractivity contribution in [2.45, 2.75) is 57.3 Å². The average molecular weight is 537 g/mol. The van der Waals surface area contributed by atoms with Crippen LogP contribution in [-0.2, 0) is 35.2 Å². The zero-order valence-electron chi connectivity index (χ0n) is 21.3. The second-order valence-corrected chi connectivity index (χ2v) is 8.76. The van der Waals surface area contributed by atoms with E-state index in [0.29, 0.717) is 12.0 Å². The Labute approximate surface area is 219 Å². The van der Waals surface area contributed by atoms with E-state index in [0.717, 1.165) is 0 Å². The van der Waals surface area contributed by atoms with Crippen LogP contribution in [0.1, 0.15) is 32.3 Å². The maximum absolute atomic E-state index is 12.8. The van der Waals surface area contributed by atoms with Gasteiger partial charge < -0.3 is 42.9 Å². The van der Waals surface area contributed by atoms with Gasteiger partial charge in [-0.25, -0.2) is 4.79 Å². The molecule has 1 rings (SSSR count). The largest absolute Gasteiger partial charge is 0.480 e. The highest BCUT2D eigenvalue weighted by Crippen LogP contribution is 2.09. The van der Waals surface area contributed by atoms with E-state index in [4.69, 9.17) is 16.6 Å². The second-order valence-electron chi connectivity index (χ2n) is 8.76. The maximum atomic E-state index is 12.8. The van der Waals surface area contributed by atoms with Crippen LogP contribution in [0.4, 0.5) is 0 Å². The molecule has 1 aromatic carbocycles. The van der Waals surface area contributed by atoms with Gasteiger partial charge in [0.05, 0.1) is 25.6 Å². The number of aliphatic hydroxyl groups is 1. The van der Waals surface area contributed by atoms with Crippen LogP contribution in [0.3, 0.4) is 0 Å². The summed E-state index contributed by atoms with van der Waals surface area (Å²) in [5.41, 5.74) is 11.4. The number of amides is 5. The zero-order valence-corrected chi connectivity index (χ0v) is 21.3. The number of carboxylic acid groups (broad SMARTS) is 1. The molecule has 0 heterocycles. The molecule has 14 nitrogen and oxygen atoms in total. The molecule has 0 radical (unpaired) electrons. The summed E-state index contributed by atoms with van der Waals surface area (Å²) >= 11 is 0. The Morgan fingerprint density at radius 2 is 1.55 bits per heavy atom. The van der Waals surface area contributed by atoms with Gasteiger partial charge in [-0.1, -0.05) is 50.6 Å². The molecule has 5 amide bonds. The number of carbonyl (C=O) groups excluding carboxylic acids is 5. The van der Waals surface area contributed by atoms with E-state index >= 15 is 0 Å². The van der Waals surface area contributed by atoms with Crippen molar-refractivity contribution in [2.24, 2.45) is 17.4 Å². The average Bonchev–Trinajstić information content (AvgIpc) is 2.87. The second kappa shape index (κ2) is 15.9. The standard InChI is InChI=1S/C24H36N6O8/c1-3-13(2)20(30-21(34)15(25)10-18(26)32)23(36)27-11-19(33)28-16(9-14-7-5-4-6-8-14)22(35)29-17(12-31)24(37)38/h4-8,13,15-17,20,31H,3,9-12,25H2,1-2H3,(H2,26,32)(H,27,36)(H,28,33)(H,29,35)(H,30,34)(H,37,38)/t13-,15-,16-,17-,20-/m0/s1. The van der Waals surface area contributed by atoms with Gasteiger partial charge in [0, 0.05) is 6.42 Å². The normalized spacial score (nSPS) is 14.6. The quantitative estimate of drug-likeness (QED) is 0.108. The molecule has 0 aliphatic rings. The molecule has 14 heteroatoms. The molecule has 0 fully saturated rings. The van der Waals surface area contributed by atoms with Gasteiger partial charge in [-0.2, -0.15) is 0 Å². The fourth-order valence-corrected chi connectivity index (χ4v) is 3.31. The topological polar surface area (TPSA) is 243 Å². The van der Waals surface area contributed by atoms with Crippen molar-refractivity contribution < 1.29 is 39.0 Å². The Hall–Kier alpha value is -4.04. The number of nitrogens with one attached hydrogen (secondary N) is 4. The van der Waals surface area contributed by atoms with Crippen molar-refractivity contribution in [3.05, 3.63) is 35.9 Å². The number of carboxylic acids is 1. The van der Waals surface area contributed by atoms with E-state index in [1.807, 2.05) is 0 Å². The summed E-state index contributed by atoms with van der Waals surface area (Å²) in [5, 5.41) is 27.8. The van der Waals surface area contributed by atoms with Crippen LogP contribution in [-0.4, -0.2) is 83.0 Å². The van der Waals surface area contributed by atoms with Crippen LogP contribution in [0, 0.1) is 5.92 Å². The van der Waals surface area contributed by atoms with Crippen LogP contribution in [0.25, 0.3) is 0 Å². The molecule has 0 aliphatic heterocycles. The number of primary amides is 1. The molecule has 5 atom stereocenters. The Morgan fingerprint density at radius 3 is 2.08 bits per heavy atom. The van der Waals surface area contributed by atoms with Gasteiger partial charge in [0.2, 0.25) is 29.5 Å². The third kappa shape index (κ3) is 10.9. The number of rotatable bonds is 16. The van der Waals surface area contributed by atoms with Crippen LogP contribution < -0.4 is 32.7 Å². The first-order valence-corrected chi connectivity index (χ1v) is 12.0. The summed E-state index contributed by atoms with van der Waals surface area (Å²) in [6.45, 7) is 2.08. The minimum absolute atomic E-state index is 0.00737. The van der Waals surface area contributed by atoms with Gasteiger partial charge in [-0.3, -0.25) is 24.0 Å². The number of nitrogens with two attached hydrogens (primary N) is 2. The van der Waals surface area contributed by atoms with Crippen molar-refractivity contribution in [3.63, 3.8) is 0 Å². The van der Waals surface area contributed by atoms with E-state index < -0.39 is 79.2 Å². The number of hydrogen-bond donors (Lipinski definition) is 8. The van der Waals surface area contributed by atoms with Crippen LogP contribution in [0.2, 0.25) is 0 Å². The summed E-state index contributed by atoms with van der Waals surface area (Å²) < 4.78 is 0. The molecule has 0 aliphatic carbocycles. The van der Waals surface area contributed by atoms with Crippen molar-refractivity contribution in [1.29, 1.82) is 0 Å². The van der Waals surface area contributed by atoms with Crippen LogP contribution in [0.15, 0.2) is 30.3 Å². The predicted octanol–water partition coefficient (Wildman–Crippen LogP) is -2.87. The Kier molecular flexibility index (Phi) is 13.4. The smallest absolute Gasteiger partial charge is 0.328 e. The SMILES string of the molecule is CC[C@H](C)[C@H](NC(=O)[C@@H](N)CC(N)=O)C(=O)NCC(=O)N[C@@H](Cc1ccccc1)C(=O)N[C@@H](CO)C(=O)O. The minimum Gasteiger partial charge on any atom is -0.480 e. The molecule has 10 N–H and O–H groups in total. The Morgan fingerprint density at radius 1 is 0.921 bits per heavy atom. The fourth-order valence-electron chi connectivity index (χ4n) is 3.31. The van der Waals surface area contributed by atoms with Gasteiger partial charge in [0.25, 0.3) is 0 Å². The first-order chi connectivity index (χ1) is 17.9. The lowest BCUT2D eigenvalue weighted by Crippen LogP contribution is -2.57. The van der Waals surface area contributed by atoms with Gasteiger partial charge in [-0.05, 0) is 11.5 Å². The summed E-state index contributed by atoms with van der Waals surface area (Å²) in [7, 11) is 0. The van der Waals surface area contributed by atoms with Crippen molar-refractivity contribution in [3.8, 4) is 0 Å². The molecule has 1 aromatic rings. The summed E-state index contributed by atoms with van der Waals surface area (Å²) in [5.74, 6) is -5.64. The molecule has 0 bridgehead atoms. The molecular weight excluding hydrogens is 500 g/mol. The number of hydrogen-bond acceptors (Lipinski definition) is 8. The van der Waals surface area contributed by atoms with Crippen LogP contribution >= 0.6 is 0 Å². The van der Waals surface area contributed by atoms with Crippen LogP contribution in [0.5, 0.6) is 0 Å². The monoisotopic (exact) mass is 536 g/mol. The van der Waals surface area contributed by atoms with Gasteiger partial charge in [0.15, 0.2) is 0 Å². The first kappa shape index (κ1) is 32.0. The lowest BCUT2D eigenvalue weighted by molar-refractivity contribution is -0.143. The van der Waals surface area contributed by atoms with Crippen molar-refractivity contribution >= 4 is 35.5 Å². The number of aliphatic carboxylic acids is 1. The van der Waals surface area contributed by atoms with E-state index in [1.165, 1.54) is 0 Å². The highest BCUT2D eigenvalue weighted by molar-refractivity contribution is 5.95. The molecule has 0 aromatic heterocycles. The first-order valence-electron chi connectivity index (χ1n) is 12.0. The minimum atomic E-state index is -1.57. The zero-order chi connectivity index (χ0) is 28.8. The van der Waals surface area contributed by atoms with Gasteiger partial charge in [0.1, 0.15) is 18.1 Å². The molecular formula is C24H36N6O8. The Bertz CT molecular complexity index is 989. The highest BCUT2D eigenvalue weighted by Gasteiger charge is 2.30. The van der Waals surface area contributed by atoms with E-state index in [9.17, 15) is 33.9 Å².